The highest BCUT2D eigenvalue weighted by molar-refractivity contribution is 7.96. The standard InChI is InChI=1S/C24H25NO4S2.ClH/c26-30(27)18-23(31(28,29)21-13-5-2-6-14-21)24-20(12-7-15-22(24)30)17-25-16-8-11-19-9-3-1-4-10-19;/h1-7,9-10,12-15,23,25H,8,11,16-18H2;1H. The number of aryl methyl sites for hydroxylation is 1. The summed E-state index contributed by atoms with van der Waals surface area (Å²) in [5.41, 5.74) is 2.41. The van der Waals surface area contributed by atoms with Gasteiger partial charge in [0.25, 0.3) is 0 Å². The Balaban J connectivity index is 0.00000289. The van der Waals surface area contributed by atoms with Crippen molar-refractivity contribution >= 4 is 32.1 Å². The third-order valence-electron chi connectivity index (χ3n) is 5.61. The molecule has 1 atom stereocenters. The molecule has 0 bridgehead atoms. The zero-order valence-electron chi connectivity index (χ0n) is 17.5. The summed E-state index contributed by atoms with van der Waals surface area (Å²) >= 11 is 0. The maximum Gasteiger partial charge on any atom is 0.186 e. The van der Waals surface area contributed by atoms with E-state index in [1.807, 2.05) is 24.3 Å². The predicted octanol–water partition coefficient (Wildman–Crippen LogP) is 4.13. The molecule has 1 aliphatic rings. The van der Waals surface area contributed by atoms with Crippen molar-refractivity contribution in [3.63, 3.8) is 0 Å². The van der Waals surface area contributed by atoms with Crippen molar-refractivity contribution in [3.8, 4) is 0 Å². The average molecular weight is 492 g/mol. The van der Waals surface area contributed by atoms with Crippen LogP contribution >= 0.6 is 12.4 Å². The molecule has 3 aromatic rings. The van der Waals surface area contributed by atoms with Crippen LogP contribution in [-0.4, -0.2) is 29.1 Å². The number of sulfone groups is 2. The minimum atomic E-state index is -3.82. The van der Waals surface area contributed by atoms with E-state index < -0.39 is 30.7 Å². The monoisotopic (exact) mass is 491 g/mol. The molecule has 170 valence electrons. The number of halogens is 1. The Morgan fingerprint density at radius 3 is 2.22 bits per heavy atom. The quantitative estimate of drug-likeness (QED) is 0.479. The molecule has 0 saturated carbocycles. The molecule has 5 nitrogen and oxygen atoms in total. The Morgan fingerprint density at radius 2 is 1.53 bits per heavy atom. The summed E-state index contributed by atoms with van der Waals surface area (Å²) in [7, 11) is -7.47. The van der Waals surface area contributed by atoms with Crippen LogP contribution in [0.5, 0.6) is 0 Å². The Kier molecular flexibility index (Phi) is 7.77. The largest absolute Gasteiger partial charge is 0.313 e. The fourth-order valence-corrected chi connectivity index (χ4v) is 8.48. The van der Waals surface area contributed by atoms with Crippen LogP contribution in [-0.2, 0) is 32.6 Å². The molecule has 0 saturated heterocycles. The maximum atomic E-state index is 13.3. The molecule has 0 aliphatic carbocycles. The van der Waals surface area contributed by atoms with E-state index >= 15 is 0 Å². The summed E-state index contributed by atoms with van der Waals surface area (Å²) in [5.74, 6) is -0.412. The van der Waals surface area contributed by atoms with Crippen molar-refractivity contribution in [2.45, 2.75) is 34.4 Å². The SMILES string of the molecule is Cl.O=S1(=O)CC(S(=O)(=O)c2ccccc2)c2c(CNCCCc3ccccc3)cccc21. The second kappa shape index (κ2) is 10.2. The fraction of sp³-hybridized carbons (Fsp3) is 0.250. The zero-order chi connectivity index (χ0) is 21.9. The molecule has 1 N–H and O–H groups in total. The molecule has 0 amide bonds. The summed E-state index contributed by atoms with van der Waals surface area (Å²) in [6, 6.07) is 23.3. The first-order chi connectivity index (χ1) is 14.9. The number of benzene rings is 3. The number of nitrogens with one attached hydrogen (secondary N) is 1. The van der Waals surface area contributed by atoms with Gasteiger partial charge in [0.2, 0.25) is 0 Å². The third-order valence-corrected chi connectivity index (χ3v) is 9.70. The van der Waals surface area contributed by atoms with Crippen molar-refractivity contribution in [3.05, 3.63) is 95.6 Å². The van der Waals surface area contributed by atoms with Crippen molar-refractivity contribution in [1.82, 2.24) is 5.32 Å². The van der Waals surface area contributed by atoms with Gasteiger partial charge in [-0.1, -0.05) is 60.7 Å². The molecule has 8 heteroatoms. The highest BCUT2D eigenvalue weighted by atomic mass is 35.5. The fourth-order valence-electron chi connectivity index (χ4n) is 4.06. The van der Waals surface area contributed by atoms with Crippen molar-refractivity contribution < 1.29 is 16.8 Å². The summed E-state index contributed by atoms with van der Waals surface area (Å²) in [5, 5.41) is 2.27. The number of fused-ring (bicyclic) bond motifs is 1. The van der Waals surface area contributed by atoms with E-state index in [0.29, 0.717) is 12.1 Å². The average Bonchev–Trinajstić information content (AvgIpc) is 3.07. The van der Waals surface area contributed by atoms with E-state index in [2.05, 4.69) is 17.4 Å². The van der Waals surface area contributed by atoms with E-state index in [1.165, 1.54) is 23.8 Å². The van der Waals surface area contributed by atoms with Gasteiger partial charge in [0.15, 0.2) is 19.7 Å². The highest BCUT2D eigenvalue weighted by Crippen LogP contribution is 2.42. The molecule has 1 aliphatic heterocycles. The van der Waals surface area contributed by atoms with Crippen LogP contribution in [0.3, 0.4) is 0 Å². The minimum Gasteiger partial charge on any atom is -0.313 e. The molecule has 0 radical (unpaired) electrons. The van der Waals surface area contributed by atoms with E-state index in [4.69, 9.17) is 0 Å². The van der Waals surface area contributed by atoms with Gasteiger partial charge < -0.3 is 5.32 Å². The first-order valence-corrected chi connectivity index (χ1v) is 13.5. The van der Waals surface area contributed by atoms with Gasteiger partial charge in [0.1, 0.15) is 5.25 Å². The molecule has 0 aromatic heterocycles. The van der Waals surface area contributed by atoms with E-state index in [-0.39, 0.29) is 22.2 Å². The lowest BCUT2D eigenvalue weighted by molar-refractivity contribution is 0.581. The number of hydrogen-bond donors (Lipinski definition) is 1. The van der Waals surface area contributed by atoms with E-state index in [0.717, 1.165) is 24.9 Å². The highest BCUT2D eigenvalue weighted by Gasteiger charge is 2.44. The summed E-state index contributed by atoms with van der Waals surface area (Å²) in [6.07, 6.45) is 1.88. The van der Waals surface area contributed by atoms with Crippen molar-refractivity contribution in [2.24, 2.45) is 0 Å². The molecule has 4 rings (SSSR count). The van der Waals surface area contributed by atoms with Gasteiger partial charge in [0.05, 0.1) is 15.5 Å². The normalized spacial score (nSPS) is 16.8. The van der Waals surface area contributed by atoms with Gasteiger partial charge in [-0.25, -0.2) is 16.8 Å². The molecule has 1 unspecified atom stereocenters. The second-order valence-electron chi connectivity index (χ2n) is 7.72. The van der Waals surface area contributed by atoms with E-state index in [1.54, 1.807) is 24.3 Å². The molecule has 3 aromatic carbocycles. The Hall–Kier alpha value is -2.19. The van der Waals surface area contributed by atoms with Gasteiger partial charge in [-0.3, -0.25) is 0 Å². The lowest BCUT2D eigenvalue weighted by atomic mass is 10.0. The third kappa shape index (κ3) is 5.07. The van der Waals surface area contributed by atoms with Crippen LogP contribution in [0.4, 0.5) is 0 Å². The smallest absolute Gasteiger partial charge is 0.186 e. The van der Waals surface area contributed by atoms with Crippen LogP contribution in [0.25, 0.3) is 0 Å². The van der Waals surface area contributed by atoms with Crippen LogP contribution in [0.1, 0.15) is 28.4 Å². The van der Waals surface area contributed by atoms with Crippen LogP contribution in [0.15, 0.2) is 88.7 Å². The van der Waals surface area contributed by atoms with Crippen LogP contribution < -0.4 is 5.32 Å². The van der Waals surface area contributed by atoms with Gasteiger partial charge in [-0.05, 0) is 54.3 Å². The summed E-state index contributed by atoms with van der Waals surface area (Å²) in [6.45, 7) is 1.18. The van der Waals surface area contributed by atoms with Crippen molar-refractivity contribution in [1.29, 1.82) is 0 Å². The lowest BCUT2D eigenvalue weighted by Crippen LogP contribution is -2.20. The van der Waals surface area contributed by atoms with Crippen LogP contribution in [0, 0.1) is 0 Å². The molecular formula is C24H26ClNO4S2. The van der Waals surface area contributed by atoms with E-state index in [9.17, 15) is 16.8 Å². The molecule has 1 heterocycles. The topological polar surface area (TPSA) is 80.3 Å². The second-order valence-corrected chi connectivity index (χ2v) is 11.9. The number of hydrogen-bond acceptors (Lipinski definition) is 5. The Labute approximate surface area is 196 Å². The maximum absolute atomic E-state index is 13.3. The van der Waals surface area contributed by atoms with Gasteiger partial charge in [0, 0.05) is 6.54 Å². The number of rotatable bonds is 8. The predicted molar refractivity (Wildman–Crippen MR) is 129 cm³/mol. The first-order valence-electron chi connectivity index (χ1n) is 10.3. The van der Waals surface area contributed by atoms with Crippen molar-refractivity contribution in [2.75, 3.05) is 12.3 Å². The Morgan fingerprint density at radius 1 is 0.875 bits per heavy atom. The molecule has 0 fully saturated rings. The Bertz CT molecular complexity index is 1260. The van der Waals surface area contributed by atoms with Gasteiger partial charge >= 0.3 is 0 Å². The molecule has 32 heavy (non-hydrogen) atoms. The lowest BCUT2D eigenvalue weighted by Gasteiger charge is -2.16. The molecular weight excluding hydrogens is 466 g/mol. The summed E-state index contributed by atoms with van der Waals surface area (Å²) < 4.78 is 52.1. The first kappa shape index (κ1) is 24.5. The minimum absolute atomic E-state index is 0. The zero-order valence-corrected chi connectivity index (χ0v) is 19.9. The van der Waals surface area contributed by atoms with Crippen LogP contribution in [0.2, 0.25) is 0 Å². The molecule has 0 spiro atoms. The summed E-state index contributed by atoms with van der Waals surface area (Å²) in [4.78, 5) is 0.286. The van der Waals surface area contributed by atoms with Gasteiger partial charge in [-0.15, -0.1) is 12.4 Å². The van der Waals surface area contributed by atoms with Gasteiger partial charge in [-0.2, -0.15) is 0 Å².